The van der Waals surface area contributed by atoms with Gasteiger partial charge in [-0.1, -0.05) is 12.8 Å². The van der Waals surface area contributed by atoms with Crippen LogP contribution in [-0.4, -0.2) is 43.7 Å². The predicted molar refractivity (Wildman–Crippen MR) is 135 cm³/mol. The van der Waals surface area contributed by atoms with Gasteiger partial charge in [-0.15, -0.1) is 47.0 Å². The Kier molecular flexibility index (Phi) is 13.4. The first-order valence-electron chi connectivity index (χ1n) is 8.21. The maximum atomic E-state index is 4.34. The molecule has 2 unspecified atom stereocenters. The van der Waals surface area contributed by atoms with Crippen molar-refractivity contribution in [3.05, 3.63) is 20.6 Å². The molecule has 0 bridgehead atoms. The number of thioether (sulfide) groups is 6. The molecular weight excluding hydrogens is 449 g/mol. The summed E-state index contributed by atoms with van der Waals surface area (Å²) in [5.74, 6) is 7.02. The van der Waals surface area contributed by atoms with Gasteiger partial charge < -0.3 is 0 Å². The third-order valence-electron chi connectivity index (χ3n) is 3.42. The van der Waals surface area contributed by atoms with Crippen molar-refractivity contribution in [2.75, 3.05) is 34.5 Å². The lowest BCUT2D eigenvalue weighted by atomic mass is 10.2. The van der Waals surface area contributed by atoms with Gasteiger partial charge in [-0.3, -0.25) is 0 Å². The summed E-state index contributed by atoms with van der Waals surface area (Å²) in [6, 6.07) is 0. The Morgan fingerprint density at radius 2 is 1.21 bits per heavy atom. The van der Waals surface area contributed by atoms with Crippen molar-refractivity contribution in [1.82, 2.24) is 0 Å². The topological polar surface area (TPSA) is 0 Å². The van der Waals surface area contributed by atoms with Crippen molar-refractivity contribution in [3.8, 4) is 0 Å². The molecule has 0 spiro atoms. The van der Waals surface area contributed by atoms with Gasteiger partial charge in [0.05, 0.1) is 9.16 Å². The zero-order valence-corrected chi connectivity index (χ0v) is 20.4. The van der Waals surface area contributed by atoms with Crippen LogP contribution >= 0.6 is 95.8 Å². The summed E-state index contributed by atoms with van der Waals surface area (Å²) >= 11 is 20.9. The highest BCUT2D eigenvalue weighted by molar-refractivity contribution is 8.24. The third-order valence-corrected chi connectivity index (χ3v) is 13.0. The molecular formula is C16H26S8. The van der Waals surface area contributed by atoms with E-state index in [9.17, 15) is 0 Å². The SMILES string of the molecule is SCC1=CSC(CSCCCCCCSCC2SC=C(CS)S2)S1. The molecule has 2 aliphatic heterocycles. The number of unbranched alkanes of at least 4 members (excludes halogenated alkanes) is 3. The third kappa shape index (κ3) is 9.47. The minimum absolute atomic E-state index is 0.734. The molecule has 2 aliphatic rings. The van der Waals surface area contributed by atoms with E-state index < -0.39 is 0 Å². The number of hydrogen-bond acceptors (Lipinski definition) is 8. The fourth-order valence-electron chi connectivity index (χ4n) is 2.17. The molecule has 2 rings (SSSR count). The molecule has 24 heavy (non-hydrogen) atoms. The molecule has 0 aromatic heterocycles. The quantitative estimate of drug-likeness (QED) is 0.213. The first-order valence-corrected chi connectivity index (χ1v) is 15.4. The molecule has 138 valence electrons. The fraction of sp³-hybridized carbons (Fsp3) is 0.750. The van der Waals surface area contributed by atoms with Crippen LogP contribution in [0.25, 0.3) is 0 Å². The molecule has 2 atom stereocenters. The summed E-state index contributed by atoms with van der Waals surface area (Å²) < 4.78 is 1.47. The van der Waals surface area contributed by atoms with Gasteiger partial charge >= 0.3 is 0 Å². The summed E-state index contributed by atoms with van der Waals surface area (Å²) in [5.41, 5.74) is 0. The molecule has 0 aromatic carbocycles. The van der Waals surface area contributed by atoms with Crippen molar-refractivity contribution < 1.29 is 0 Å². The van der Waals surface area contributed by atoms with Gasteiger partial charge in [-0.2, -0.15) is 48.8 Å². The van der Waals surface area contributed by atoms with Crippen LogP contribution in [0.5, 0.6) is 0 Å². The van der Waals surface area contributed by atoms with Crippen LogP contribution in [-0.2, 0) is 0 Å². The number of hydrogen-bond donors (Lipinski definition) is 2. The first-order chi connectivity index (χ1) is 11.8. The van der Waals surface area contributed by atoms with Crippen molar-refractivity contribution >= 4 is 95.8 Å². The Labute approximate surface area is 184 Å². The zero-order valence-electron chi connectivity index (χ0n) is 13.7. The standard InChI is InChI=1S/C16H26S8/c17-7-13-9-21-15(23-13)11-19-5-3-1-2-4-6-20-12-16-22-10-14(8-18)24-16/h9-10,15-18H,1-8,11-12H2. The molecule has 0 N–H and O–H groups in total. The Morgan fingerprint density at radius 1 is 0.750 bits per heavy atom. The highest BCUT2D eigenvalue weighted by atomic mass is 32.2. The fourth-order valence-corrected chi connectivity index (χ4v) is 10.8. The molecule has 2 heterocycles. The van der Waals surface area contributed by atoms with Gasteiger partial charge in [0.15, 0.2) is 0 Å². The van der Waals surface area contributed by atoms with E-state index in [0.717, 1.165) is 20.7 Å². The van der Waals surface area contributed by atoms with Crippen LogP contribution in [0.1, 0.15) is 25.7 Å². The second-order valence-electron chi connectivity index (χ2n) is 5.42. The summed E-state index contributed by atoms with van der Waals surface area (Å²) in [7, 11) is 0. The van der Waals surface area contributed by atoms with E-state index in [1.165, 1.54) is 58.5 Å². The molecule has 0 fully saturated rings. The predicted octanol–water partition coefficient (Wildman–Crippen LogP) is 7.17. The molecule has 0 saturated heterocycles. The molecule has 0 nitrogen and oxygen atoms in total. The van der Waals surface area contributed by atoms with Gasteiger partial charge in [0.2, 0.25) is 0 Å². The van der Waals surface area contributed by atoms with Crippen molar-refractivity contribution in [3.63, 3.8) is 0 Å². The molecule has 0 aliphatic carbocycles. The average Bonchev–Trinajstić information content (AvgIpc) is 3.25. The van der Waals surface area contributed by atoms with E-state index >= 15 is 0 Å². The summed E-state index contributed by atoms with van der Waals surface area (Å²) in [5, 5.41) is 4.58. The second-order valence-corrected chi connectivity index (χ2v) is 13.8. The monoisotopic (exact) mass is 474 g/mol. The minimum atomic E-state index is 0.734. The van der Waals surface area contributed by atoms with Crippen LogP contribution in [0.15, 0.2) is 20.6 Å². The maximum absolute atomic E-state index is 4.34. The van der Waals surface area contributed by atoms with Crippen LogP contribution in [0.3, 0.4) is 0 Å². The average molecular weight is 475 g/mol. The lowest BCUT2D eigenvalue weighted by molar-refractivity contribution is 0.711. The molecule has 8 heteroatoms. The summed E-state index contributed by atoms with van der Waals surface area (Å²) in [4.78, 5) is 2.89. The van der Waals surface area contributed by atoms with Crippen molar-refractivity contribution in [2.24, 2.45) is 0 Å². The normalized spacial score (nSPS) is 23.6. The second kappa shape index (κ2) is 14.3. The summed E-state index contributed by atoms with van der Waals surface area (Å²) in [6.07, 6.45) is 5.56. The molecule has 0 radical (unpaired) electrons. The van der Waals surface area contributed by atoms with E-state index in [0.29, 0.717) is 0 Å². The minimum Gasteiger partial charge on any atom is -0.174 e. The molecule has 0 aromatic rings. The lowest BCUT2D eigenvalue weighted by Gasteiger charge is -2.09. The van der Waals surface area contributed by atoms with E-state index in [-0.39, 0.29) is 0 Å². The highest BCUT2D eigenvalue weighted by Gasteiger charge is 2.18. The van der Waals surface area contributed by atoms with Gasteiger partial charge in [-0.05, 0) is 35.2 Å². The number of thiol groups is 2. The maximum Gasteiger partial charge on any atom is 0.0678 e. The first kappa shape index (κ1) is 22.6. The van der Waals surface area contributed by atoms with Crippen molar-refractivity contribution in [2.45, 2.75) is 34.8 Å². The van der Waals surface area contributed by atoms with Crippen LogP contribution < -0.4 is 0 Å². The van der Waals surface area contributed by atoms with E-state index in [1.807, 2.05) is 47.0 Å². The Balaban J connectivity index is 1.30. The number of rotatable bonds is 13. The Morgan fingerprint density at radius 3 is 1.58 bits per heavy atom. The van der Waals surface area contributed by atoms with Gasteiger partial charge in [-0.25, -0.2) is 0 Å². The van der Waals surface area contributed by atoms with E-state index in [4.69, 9.17) is 0 Å². The van der Waals surface area contributed by atoms with Gasteiger partial charge in [0.1, 0.15) is 0 Å². The van der Waals surface area contributed by atoms with Crippen LogP contribution in [0.4, 0.5) is 0 Å². The van der Waals surface area contributed by atoms with Gasteiger partial charge in [0.25, 0.3) is 0 Å². The largest absolute Gasteiger partial charge is 0.174 e. The van der Waals surface area contributed by atoms with E-state index in [2.05, 4.69) is 59.6 Å². The smallest absolute Gasteiger partial charge is 0.0678 e. The Bertz CT molecular complexity index is 371. The highest BCUT2D eigenvalue weighted by Crippen LogP contribution is 2.42. The lowest BCUT2D eigenvalue weighted by Crippen LogP contribution is -1.98. The van der Waals surface area contributed by atoms with Crippen LogP contribution in [0.2, 0.25) is 0 Å². The van der Waals surface area contributed by atoms with E-state index in [1.54, 1.807) is 0 Å². The van der Waals surface area contributed by atoms with Gasteiger partial charge in [0, 0.05) is 32.8 Å². The zero-order chi connectivity index (χ0) is 17.0. The van der Waals surface area contributed by atoms with Crippen LogP contribution in [0, 0.1) is 0 Å². The molecule has 0 saturated carbocycles. The van der Waals surface area contributed by atoms with Crippen molar-refractivity contribution in [1.29, 1.82) is 0 Å². The summed E-state index contributed by atoms with van der Waals surface area (Å²) in [6.45, 7) is 0. The molecule has 0 amide bonds. The Hall–Kier alpha value is 2.28.